The van der Waals surface area contributed by atoms with E-state index in [0.717, 1.165) is 43.5 Å². The molecule has 19 heavy (non-hydrogen) atoms. The lowest BCUT2D eigenvalue weighted by molar-refractivity contribution is 0.266. The van der Waals surface area contributed by atoms with Gasteiger partial charge in [-0.25, -0.2) is 0 Å². The van der Waals surface area contributed by atoms with Gasteiger partial charge in [-0.1, -0.05) is 13.8 Å². The van der Waals surface area contributed by atoms with Gasteiger partial charge in [0.15, 0.2) is 5.82 Å². The van der Waals surface area contributed by atoms with Gasteiger partial charge in [0, 0.05) is 6.54 Å². The minimum Gasteiger partial charge on any atom is -0.394 e. The molecular formula is C14H20N4O. The Kier molecular flexibility index (Phi) is 4.33. The number of aromatic nitrogens is 2. The molecule has 5 nitrogen and oxygen atoms in total. The van der Waals surface area contributed by atoms with Crippen LogP contribution in [0.1, 0.15) is 43.5 Å². The molecule has 1 unspecified atom stereocenters. The van der Waals surface area contributed by atoms with Gasteiger partial charge in [0.25, 0.3) is 0 Å². The Labute approximate surface area is 113 Å². The zero-order valence-corrected chi connectivity index (χ0v) is 11.6. The molecule has 0 saturated carbocycles. The molecule has 0 spiro atoms. The number of nitrogens with zero attached hydrogens (tertiary/aromatic N) is 4. The van der Waals surface area contributed by atoms with Gasteiger partial charge >= 0.3 is 0 Å². The summed E-state index contributed by atoms with van der Waals surface area (Å²) in [5.41, 5.74) is 2.54. The van der Waals surface area contributed by atoms with Gasteiger partial charge in [0.1, 0.15) is 11.6 Å². The van der Waals surface area contributed by atoms with E-state index in [4.69, 9.17) is 0 Å². The summed E-state index contributed by atoms with van der Waals surface area (Å²) in [6.07, 6.45) is 3.54. The summed E-state index contributed by atoms with van der Waals surface area (Å²) in [5, 5.41) is 27.4. The quantitative estimate of drug-likeness (QED) is 0.886. The Morgan fingerprint density at radius 1 is 1.37 bits per heavy atom. The fourth-order valence-corrected chi connectivity index (χ4v) is 2.79. The molecule has 0 bridgehead atoms. The molecule has 102 valence electrons. The number of anilines is 1. The molecule has 5 heteroatoms. The molecule has 1 aromatic heterocycles. The number of aliphatic hydroxyl groups is 1. The van der Waals surface area contributed by atoms with Crippen LogP contribution in [-0.4, -0.2) is 34.5 Å². The summed E-state index contributed by atoms with van der Waals surface area (Å²) in [6.45, 7) is 5.00. The smallest absolute Gasteiger partial charge is 0.169 e. The SMILES string of the molecule is CCc1nnc(N2CCCC2CO)c(C#N)c1CC. The topological polar surface area (TPSA) is 73.0 Å². The average Bonchev–Trinajstić information content (AvgIpc) is 2.93. The van der Waals surface area contributed by atoms with Crippen LogP contribution in [-0.2, 0) is 12.8 Å². The molecule has 0 aromatic carbocycles. The van der Waals surface area contributed by atoms with Crippen LogP contribution in [0.2, 0.25) is 0 Å². The van der Waals surface area contributed by atoms with Crippen molar-refractivity contribution in [2.75, 3.05) is 18.1 Å². The lowest BCUT2D eigenvalue weighted by Gasteiger charge is -2.25. The Balaban J connectivity index is 2.49. The summed E-state index contributed by atoms with van der Waals surface area (Å²) >= 11 is 0. The Morgan fingerprint density at radius 3 is 2.74 bits per heavy atom. The van der Waals surface area contributed by atoms with Crippen molar-refractivity contribution in [3.63, 3.8) is 0 Å². The second kappa shape index (κ2) is 5.98. The second-order valence-corrected chi connectivity index (χ2v) is 4.81. The van der Waals surface area contributed by atoms with Crippen molar-refractivity contribution in [2.45, 2.75) is 45.6 Å². The number of nitriles is 1. The predicted octanol–water partition coefficient (Wildman–Crippen LogP) is 1.43. The fraction of sp³-hybridized carbons (Fsp3) is 0.643. The van der Waals surface area contributed by atoms with E-state index < -0.39 is 0 Å². The number of hydrogen-bond donors (Lipinski definition) is 1. The van der Waals surface area contributed by atoms with Crippen molar-refractivity contribution in [1.82, 2.24) is 10.2 Å². The maximum absolute atomic E-state index is 9.46. The molecule has 2 heterocycles. The van der Waals surface area contributed by atoms with Crippen molar-refractivity contribution in [3.8, 4) is 6.07 Å². The number of aryl methyl sites for hydroxylation is 1. The third-order valence-corrected chi connectivity index (χ3v) is 3.80. The van der Waals surface area contributed by atoms with Crippen molar-refractivity contribution in [1.29, 1.82) is 5.26 Å². The summed E-state index contributed by atoms with van der Waals surface area (Å²) in [4.78, 5) is 2.03. The van der Waals surface area contributed by atoms with Gasteiger partial charge in [-0.15, -0.1) is 5.10 Å². The monoisotopic (exact) mass is 260 g/mol. The van der Waals surface area contributed by atoms with Gasteiger partial charge in [-0.3, -0.25) is 0 Å². The molecule has 1 saturated heterocycles. The maximum atomic E-state index is 9.46. The zero-order valence-electron chi connectivity index (χ0n) is 11.6. The van der Waals surface area contributed by atoms with Crippen LogP contribution in [0.15, 0.2) is 0 Å². The van der Waals surface area contributed by atoms with E-state index in [1.165, 1.54) is 0 Å². The molecule has 1 aliphatic rings. The van der Waals surface area contributed by atoms with Gasteiger partial charge < -0.3 is 10.0 Å². The summed E-state index contributed by atoms with van der Waals surface area (Å²) in [7, 11) is 0. The highest BCUT2D eigenvalue weighted by atomic mass is 16.3. The summed E-state index contributed by atoms with van der Waals surface area (Å²) in [6, 6.07) is 2.35. The van der Waals surface area contributed by atoms with Gasteiger partial charge in [0.2, 0.25) is 0 Å². The van der Waals surface area contributed by atoms with Crippen molar-refractivity contribution in [3.05, 3.63) is 16.8 Å². The van der Waals surface area contributed by atoms with E-state index in [0.29, 0.717) is 11.4 Å². The first kappa shape index (κ1) is 13.8. The molecule has 1 aliphatic heterocycles. The fourth-order valence-electron chi connectivity index (χ4n) is 2.79. The minimum absolute atomic E-state index is 0.0681. The number of rotatable bonds is 4. The van der Waals surface area contributed by atoms with Crippen molar-refractivity contribution >= 4 is 5.82 Å². The summed E-state index contributed by atoms with van der Waals surface area (Å²) < 4.78 is 0. The Bertz CT molecular complexity index is 495. The van der Waals surface area contributed by atoms with E-state index in [1.54, 1.807) is 0 Å². The standard InChI is InChI=1S/C14H20N4O/c1-3-11-12(8-15)14(17-16-13(11)4-2)18-7-5-6-10(18)9-19/h10,19H,3-7,9H2,1-2H3. The van der Waals surface area contributed by atoms with E-state index in [2.05, 4.69) is 16.3 Å². The maximum Gasteiger partial charge on any atom is 0.169 e. The highest BCUT2D eigenvalue weighted by Crippen LogP contribution is 2.29. The molecule has 0 aliphatic carbocycles. The van der Waals surface area contributed by atoms with Crippen LogP contribution in [0.25, 0.3) is 0 Å². The zero-order chi connectivity index (χ0) is 13.8. The van der Waals surface area contributed by atoms with Crippen LogP contribution in [0.5, 0.6) is 0 Å². The molecule has 1 fully saturated rings. The first-order valence-corrected chi connectivity index (χ1v) is 6.92. The van der Waals surface area contributed by atoms with E-state index >= 15 is 0 Å². The van der Waals surface area contributed by atoms with Gasteiger partial charge in [-0.2, -0.15) is 10.4 Å². The molecule has 1 aromatic rings. The summed E-state index contributed by atoms with van der Waals surface area (Å²) in [5.74, 6) is 0.646. The minimum atomic E-state index is 0.0681. The normalized spacial score (nSPS) is 18.6. The number of hydrogen-bond acceptors (Lipinski definition) is 5. The van der Waals surface area contributed by atoms with Crippen LogP contribution in [0.4, 0.5) is 5.82 Å². The largest absolute Gasteiger partial charge is 0.394 e. The highest BCUT2D eigenvalue weighted by Gasteiger charge is 2.28. The predicted molar refractivity (Wildman–Crippen MR) is 73.0 cm³/mol. The van der Waals surface area contributed by atoms with E-state index in [1.807, 2.05) is 18.7 Å². The van der Waals surface area contributed by atoms with Crippen molar-refractivity contribution < 1.29 is 5.11 Å². The first-order valence-electron chi connectivity index (χ1n) is 6.92. The Morgan fingerprint density at radius 2 is 2.16 bits per heavy atom. The van der Waals surface area contributed by atoms with E-state index in [-0.39, 0.29) is 12.6 Å². The molecule has 1 atom stereocenters. The highest BCUT2D eigenvalue weighted by molar-refractivity contribution is 5.59. The first-order chi connectivity index (χ1) is 9.26. The lowest BCUT2D eigenvalue weighted by Crippen LogP contribution is -2.34. The molecule has 2 rings (SSSR count). The van der Waals surface area contributed by atoms with Crippen LogP contribution >= 0.6 is 0 Å². The van der Waals surface area contributed by atoms with Gasteiger partial charge in [-0.05, 0) is 31.2 Å². The van der Waals surface area contributed by atoms with E-state index in [9.17, 15) is 10.4 Å². The number of aliphatic hydroxyl groups excluding tert-OH is 1. The van der Waals surface area contributed by atoms with Crippen LogP contribution in [0, 0.1) is 11.3 Å². The van der Waals surface area contributed by atoms with Crippen LogP contribution < -0.4 is 4.90 Å². The Hall–Kier alpha value is -1.67. The molecule has 0 radical (unpaired) electrons. The second-order valence-electron chi connectivity index (χ2n) is 4.81. The molecule has 0 amide bonds. The molecular weight excluding hydrogens is 240 g/mol. The van der Waals surface area contributed by atoms with Crippen molar-refractivity contribution in [2.24, 2.45) is 0 Å². The van der Waals surface area contributed by atoms with Gasteiger partial charge in [0.05, 0.1) is 18.3 Å². The lowest BCUT2D eigenvalue weighted by atomic mass is 10.0. The molecule has 1 N–H and O–H groups in total. The average molecular weight is 260 g/mol. The third-order valence-electron chi connectivity index (χ3n) is 3.80. The van der Waals surface area contributed by atoms with Crippen LogP contribution in [0.3, 0.4) is 0 Å². The third kappa shape index (κ3) is 2.41.